The second-order valence-corrected chi connectivity index (χ2v) is 7.57. The molecule has 0 N–H and O–H groups in total. The summed E-state index contributed by atoms with van der Waals surface area (Å²) in [6.45, 7) is 1.93. The standard InChI is InChI=1S/C18H19NO3S/c1-13-4-8-16(9-5-13)23(20,21)19(2)18-11-6-14-12-15(22-3)7-10-17(14)18/h4-5,7-12H,6H2,1-3H3. The predicted octanol–water partition coefficient (Wildman–Crippen LogP) is 3.22. The second kappa shape index (κ2) is 5.74. The molecule has 0 atom stereocenters. The highest BCUT2D eigenvalue weighted by atomic mass is 32.2. The molecule has 120 valence electrons. The molecule has 0 saturated heterocycles. The van der Waals surface area contributed by atoms with Crippen LogP contribution in [0.4, 0.5) is 0 Å². The molecule has 0 spiro atoms. The molecule has 1 aliphatic rings. The average Bonchev–Trinajstić information content (AvgIpc) is 2.97. The van der Waals surface area contributed by atoms with Crippen molar-refractivity contribution in [3.05, 3.63) is 65.2 Å². The maximum Gasteiger partial charge on any atom is 0.264 e. The van der Waals surface area contributed by atoms with Crippen molar-refractivity contribution >= 4 is 15.7 Å². The minimum Gasteiger partial charge on any atom is -0.497 e. The minimum atomic E-state index is -3.56. The molecule has 2 aromatic rings. The molecule has 23 heavy (non-hydrogen) atoms. The summed E-state index contributed by atoms with van der Waals surface area (Å²) in [5.41, 5.74) is 3.75. The first-order chi connectivity index (χ1) is 10.9. The largest absolute Gasteiger partial charge is 0.497 e. The van der Waals surface area contributed by atoms with Crippen LogP contribution in [0, 0.1) is 6.92 Å². The van der Waals surface area contributed by atoms with Gasteiger partial charge < -0.3 is 4.74 Å². The number of rotatable bonds is 4. The van der Waals surface area contributed by atoms with Crippen LogP contribution in [0.5, 0.6) is 5.75 Å². The van der Waals surface area contributed by atoms with Gasteiger partial charge in [0.15, 0.2) is 0 Å². The van der Waals surface area contributed by atoms with Crippen LogP contribution < -0.4 is 4.74 Å². The van der Waals surface area contributed by atoms with Gasteiger partial charge in [0, 0.05) is 12.6 Å². The molecule has 3 rings (SSSR count). The van der Waals surface area contributed by atoms with Crippen LogP contribution in [0.25, 0.3) is 5.70 Å². The monoisotopic (exact) mass is 329 g/mol. The van der Waals surface area contributed by atoms with Gasteiger partial charge in [0.1, 0.15) is 5.75 Å². The Bertz CT molecular complexity index is 868. The molecule has 4 nitrogen and oxygen atoms in total. The van der Waals surface area contributed by atoms with Crippen LogP contribution in [0.3, 0.4) is 0 Å². The van der Waals surface area contributed by atoms with Crippen molar-refractivity contribution in [2.24, 2.45) is 0 Å². The van der Waals surface area contributed by atoms with E-state index in [1.165, 1.54) is 4.31 Å². The van der Waals surface area contributed by atoms with E-state index < -0.39 is 10.0 Å². The molecular formula is C18H19NO3S. The number of nitrogens with zero attached hydrogens (tertiary/aromatic N) is 1. The molecule has 0 radical (unpaired) electrons. The SMILES string of the molecule is COc1ccc2c(c1)CC=C2N(C)S(=O)(=O)c1ccc(C)cc1. The highest BCUT2D eigenvalue weighted by Gasteiger charge is 2.27. The van der Waals surface area contributed by atoms with Crippen LogP contribution in [0.2, 0.25) is 0 Å². The van der Waals surface area contributed by atoms with Crippen LogP contribution in [-0.2, 0) is 16.4 Å². The van der Waals surface area contributed by atoms with Gasteiger partial charge in [-0.1, -0.05) is 23.8 Å². The van der Waals surface area contributed by atoms with Gasteiger partial charge in [-0.25, -0.2) is 8.42 Å². The van der Waals surface area contributed by atoms with Crippen molar-refractivity contribution in [3.8, 4) is 5.75 Å². The molecule has 0 aromatic heterocycles. The molecule has 5 heteroatoms. The lowest BCUT2D eigenvalue weighted by Crippen LogP contribution is -2.25. The lowest BCUT2D eigenvalue weighted by Gasteiger charge is -2.22. The molecule has 0 saturated carbocycles. The van der Waals surface area contributed by atoms with Crippen molar-refractivity contribution in [2.75, 3.05) is 14.2 Å². The topological polar surface area (TPSA) is 46.6 Å². The van der Waals surface area contributed by atoms with Gasteiger partial charge in [0.2, 0.25) is 0 Å². The first-order valence-corrected chi connectivity index (χ1v) is 8.80. The molecule has 0 bridgehead atoms. The zero-order valence-corrected chi connectivity index (χ0v) is 14.2. The molecule has 0 unspecified atom stereocenters. The lowest BCUT2D eigenvalue weighted by atomic mass is 10.1. The Morgan fingerprint density at radius 1 is 1.09 bits per heavy atom. The summed E-state index contributed by atoms with van der Waals surface area (Å²) < 4.78 is 32.2. The first kappa shape index (κ1) is 15.6. The van der Waals surface area contributed by atoms with Crippen molar-refractivity contribution < 1.29 is 13.2 Å². The Morgan fingerprint density at radius 2 is 1.78 bits per heavy atom. The van der Waals surface area contributed by atoms with Crippen molar-refractivity contribution in [3.63, 3.8) is 0 Å². The Labute approximate surface area is 137 Å². The fraction of sp³-hybridized carbons (Fsp3) is 0.222. The van der Waals surface area contributed by atoms with Crippen LogP contribution in [0.15, 0.2) is 53.4 Å². The van der Waals surface area contributed by atoms with Gasteiger partial charge in [0.05, 0.1) is 17.7 Å². The van der Waals surface area contributed by atoms with Gasteiger partial charge >= 0.3 is 0 Å². The van der Waals surface area contributed by atoms with Gasteiger partial charge in [0.25, 0.3) is 10.0 Å². The number of fused-ring (bicyclic) bond motifs is 1. The third-order valence-corrected chi connectivity index (χ3v) is 5.91. The number of aryl methyl sites for hydroxylation is 1. The highest BCUT2D eigenvalue weighted by Crippen LogP contribution is 2.34. The third kappa shape index (κ3) is 2.72. The third-order valence-electron chi connectivity index (χ3n) is 4.12. The molecular weight excluding hydrogens is 310 g/mol. The summed E-state index contributed by atoms with van der Waals surface area (Å²) in [5.74, 6) is 0.780. The van der Waals surface area contributed by atoms with Gasteiger partial charge in [-0.3, -0.25) is 4.31 Å². The Kier molecular flexibility index (Phi) is 3.90. The van der Waals surface area contributed by atoms with Crippen LogP contribution >= 0.6 is 0 Å². The first-order valence-electron chi connectivity index (χ1n) is 7.36. The second-order valence-electron chi connectivity index (χ2n) is 5.60. The van der Waals surface area contributed by atoms with Crippen molar-refractivity contribution in [1.29, 1.82) is 0 Å². The lowest BCUT2D eigenvalue weighted by molar-refractivity contribution is 0.414. The summed E-state index contributed by atoms with van der Waals surface area (Å²) in [5, 5.41) is 0. The Morgan fingerprint density at radius 3 is 2.43 bits per heavy atom. The zero-order valence-electron chi connectivity index (χ0n) is 13.4. The fourth-order valence-corrected chi connectivity index (χ4v) is 3.96. The average molecular weight is 329 g/mol. The maximum absolute atomic E-state index is 12.8. The Balaban J connectivity index is 1.96. The molecule has 1 aliphatic carbocycles. The predicted molar refractivity (Wildman–Crippen MR) is 90.8 cm³/mol. The summed E-state index contributed by atoms with van der Waals surface area (Å²) in [6.07, 6.45) is 2.64. The minimum absolute atomic E-state index is 0.300. The van der Waals surface area contributed by atoms with E-state index in [2.05, 4.69) is 0 Å². The van der Waals surface area contributed by atoms with E-state index in [0.717, 1.165) is 22.4 Å². The van der Waals surface area contributed by atoms with Crippen molar-refractivity contribution in [1.82, 2.24) is 4.31 Å². The van der Waals surface area contributed by atoms with Crippen LogP contribution in [0.1, 0.15) is 16.7 Å². The number of ether oxygens (including phenoxy) is 1. The van der Waals surface area contributed by atoms with E-state index in [4.69, 9.17) is 4.74 Å². The van der Waals surface area contributed by atoms with E-state index in [0.29, 0.717) is 17.0 Å². The summed E-state index contributed by atoms with van der Waals surface area (Å²) >= 11 is 0. The number of methoxy groups -OCH3 is 1. The van der Waals surface area contributed by atoms with Crippen molar-refractivity contribution in [2.45, 2.75) is 18.2 Å². The normalized spacial score (nSPS) is 13.4. The van der Waals surface area contributed by atoms with E-state index in [1.807, 2.05) is 43.3 Å². The van der Waals surface area contributed by atoms with E-state index in [1.54, 1.807) is 26.3 Å². The number of allylic oxidation sites excluding steroid dienone is 1. The molecule has 0 aliphatic heterocycles. The summed E-state index contributed by atoms with van der Waals surface area (Å²) in [4.78, 5) is 0.300. The maximum atomic E-state index is 12.8. The Hall–Kier alpha value is -2.27. The summed E-state index contributed by atoms with van der Waals surface area (Å²) in [7, 11) is -0.342. The smallest absolute Gasteiger partial charge is 0.264 e. The molecule has 0 amide bonds. The fourth-order valence-electron chi connectivity index (χ4n) is 2.73. The van der Waals surface area contributed by atoms with Gasteiger partial charge in [-0.2, -0.15) is 0 Å². The summed E-state index contributed by atoms with van der Waals surface area (Å²) in [6, 6.07) is 12.6. The number of sulfonamides is 1. The van der Waals surface area contributed by atoms with Crippen LogP contribution in [-0.4, -0.2) is 26.9 Å². The van der Waals surface area contributed by atoms with Gasteiger partial charge in [-0.05, 0) is 49.2 Å². The number of benzene rings is 2. The molecule has 2 aromatic carbocycles. The number of hydrogen-bond donors (Lipinski definition) is 0. The van der Waals surface area contributed by atoms with Gasteiger partial charge in [-0.15, -0.1) is 0 Å². The van der Waals surface area contributed by atoms with E-state index in [9.17, 15) is 8.42 Å². The molecule has 0 heterocycles. The van der Waals surface area contributed by atoms with E-state index >= 15 is 0 Å². The highest BCUT2D eigenvalue weighted by molar-refractivity contribution is 7.89. The zero-order chi connectivity index (χ0) is 16.6. The molecule has 0 fully saturated rings. The number of hydrogen-bond acceptors (Lipinski definition) is 3. The quantitative estimate of drug-likeness (QED) is 0.865. The van der Waals surface area contributed by atoms with E-state index in [-0.39, 0.29) is 0 Å².